The largest absolute Gasteiger partial charge is 0.352 e. The lowest BCUT2D eigenvalue weighted by molar-refractivity contribution is -0.727. The summed E-state index contributed by atoms with van der Waals surface area (Å²) in [6.45, 7) is 0. The Labute approximate surface area is 48.2 Å². The maximum Gasteiger partial charge on any atom is 0.352 e. The van der Waals surface area contributed by atoms with Gasteiger partial charge in [-0.1, -0.05) is 0 Å². The van der Waals surface area contributed by atoms with Gasteiger partial charge in [-0.15, -0.1) is 5.26 Å². The van der Waals surface area contributed by atoms with Crippen LogP contribution >= 0.6 is 0 Å². The number of hydrogen-bond donors (Lipinski definition) is 0. The average molecular weight is 132 g/mol. The van der Waals surface area contributed by atoms with Crippen LogP contribution in [0.25, 0.3) is 0 Å². The molecule has 0 amide bonds. The zero-order valence-electron chi connectivity index (χ0n) is 3.92. The molecule has 0 heterocycles. The molecule has 8 nitrogen and oxygen atoms in total. The van der Waals surface area contributed by atoms with Gasteiger partial charge in [-0.25, -0.2) is 4.84 Å². The summed E-state index contributed by atoms with van der Waals surface area (Å²) in [4.78, 5) is 22.2. The second kappa shape index (κ2) is 3.14. The van der Waals surface area contributed by atoms with E-state index in [9.17, 15) is 15.0 Å². The lowest BCUT2D eigenvalue weighted by atomic mass is 11.6. The van der Waals surface area contributed by atoms with Crippen molar-refractivity contribution in [1.82, 2.24) is 5.28 Å². The minimum Gasteiger partial charge on any atom is -0.336 e. The molecule has 0 bridgehead atoms. The number of hydrogen-bond acceptors (Lipinski definition) is 6. The lowest BCUT2D eigenvalue weighted by Crippen LogP contribution is -2.21. The highest BCUT2D eigenvalue weighted by Gasteiger charge is 2.15. The van der Waals surface area contributed by atoms with Crippen LogP contribution in [0.3, 0.4) is 0 Å². The van der Waals surface area contributed by atoms with Gasteiger partial charge in [0, 0.05) is 4.91 Å². The van der Waals surface area contributed by atoms with Gasteiger partial charge in [-0.3, -0.25) is 0 Å². The minimum atomic E-state index is -1.28. The zero-order valence-corrected chi connectivity index (χ0v) is 3.92. The van der Waals surface area contributed by atoms with Gasteiger partial charge in [0.2, 0.25) is 0 Å². The second-order valence-electron chi connectivity index (χ2n) is 0.755. The molecule has 0 aromatic rings. The molecule has 0 unspecified atom stereocenters. The quantitative estimate of drug-likeness (QED) is 0.223. The molecule has 9 heavy (non-hydrogen) atoms. The van der Waals surface area contributed by atoms with E-state index in [-0.39, 0.29) is 0 Å². The molecule has 0 fully saturated rings. The van der Waals surface area contributed by atoms with Gasteiger partial charge >= 0.3 is 11.5 Å². The highest BCUT2D eigenvalue weighted by Crippen LogP contribution is 1.87. The minimum absolute atomic E-state index is 0.597. The highest BCUT2D eigenvalue weighted by atomic mass is 16.9. The predicted octanol–water partition coefficient (Wildman–Crippen LogP) is -0.426. The maximum atomic E-state index is 9.48. The van der Waals surface area contributed by atoms with Crippen molar-refractivity contribution in [1.29, 1.82) is 5.26 Å². The van der Waals surface area contributed by atoms with E-state index in [4.69, 9.17) is 5.26 Å². The van der Waals surface area contributed by atoms with Crippen molar-refractivity contribution >= 4 is 0 Å². The second-order valence-corrected chi connectivity index (χ2v) is 0.755. The molecular weight excluding hydrogens is 132 g/mol. The van der Waals surface area contributed by atoms with Crippen LogP contribution in [0.5, 0.6) is 0 Å². The fraction of sp³-hybridized carbons (Fsp3) is 0. The van der Waals surface area contributed by atoms with E-state index in [0.717, 1.165) is 6.26 Å². The number of nitrogens with zero attached hydrogens (tertiary/aromatic N) is 4. The third-order valence-corrected chi connectivity index (χ3v) is 0.332. The van der Waals surface area contributed by atoms with Crippen molar-refractivity contribution in [3.8, 4) is 6.26 Å². The van der Waals surface area contributed by atoms with Crippen LogP contribution in [-0.2, 0) is 4.84 Å². The smallest absolute Gasteiger partial charge is 0.336 e. The third-order valence-electron chi connectivity index (χ3n) is 0.332. The van der Waals surface area contributed by atoms with Gasteiger partial charge in [0.15, 0.2) is 0 Å². The van der Waals surface area contributed by atoms with Crippen LogP contribution < -0.4 is 0 Å². The summed E-state index contributed by atoms with van der Waals surface area (Å²) in [5.74, 6) is 0. The molecule has 0 atom stereocenters. The molecule has 0 aliphatic carbocycles. The Morgan fingerprint density at radius 3 is 2.56 bits per heavy atom. The molecule has 8 heteroatoms. The van der Waals surface area contributed by atoms with Gasteiger partial charge in [0.05, 0.1) is 5.03 Å². The molecule has 0 aliphatic rings. The van der Waals surface area contributed by atoms with Gasteiger partial charge in [0.1, 0.15) is 0 Å². The number of hydrazine groups is 1. The molecule has 0 spiro atoms. The van der Waals surface area contributed by atoms with Gasteiger partial charge < -0.3 is 10.1 Å². The number of nitriles is 1. The average Bonchev–Trinajstić information content (AvgIpc) is 1.82. The van der Waals surface area contributed by atoms with Crippen molar-refractivity contribution in [2.75, 3.05) is 0 Å². The molecule has 0 N–H and O–H groups in total. The molecule has 0 saturated heterocycles. The van der Waals surface area contributed by atoms with E-state index in [1.165, 1.54) is 0 Å². The summed E-state index contributed by atoms with van der Waals surface area (Å²) >= 11 is 0. The molecule has 0 aliphatic heterocycles. The normalized spacial score (nSPS) is 7.00. The molecule has 0 saturated carbocycles. The van der Waals surface area contributed by atoms with Gasteiger partial charge in [0.25, 0.3) is 5.28 Å². The first-order valence-electron chi connectivity index (χ1n) is 1.56. The summed E-state index contributed by atoms with van der Waals surface area (Å²) in [6, 6.07) is 0. The first-order valence-corrected chi connectivity index (χ1v) is 1.56. The van der Waals surface area contributed by atoms with E-state index >= 15 is 0 Å². The number of nitroso groups, excluding NO2 is 1. The molecule has 0 rings (SSSR count). The van der Waals surface area contributed by atoms with Crippen molar-refractivity contribution in [2.24, 2.45) is 5.29 Å². The fourth-order valence-corrected chi connectivity index (χ4v) is 0.116. The van der Waals surface area contributed by atoms with Crippen LogP contribution in [0.4, 0.5) is 0 Å². The molecular formula is CN4O4. The first kappa shape index (κ1) is 7.09. The highest BCUT2D eigenvalue weighted by molar-refractivity contribution is 4.39. The Bertz CT molecular complexity index is 158. The molecule has 0 aromatic heterocycles. The number of nitro groups is 1. The zero-order chi connectivity index (χ0) is 7.28. The van der Waals surface area contributed by atoms with Gasteiger partial charge in [-0.05, 0) is 0 Å². The third kappa shape index (κ3) is 2.03. The van der Waals surface area contributed by atoms with E-state index in [0.29, 0.717) is 0 Å². The molecule has 48 valence electrons. The summed E-state index contributed by atoms with van der Waals surface area (Å²) in [6.07, 6.45) is 0.891. The SMILES string of the molecule is N#CON(N=O)[N+](=O)[O-]. The predicted molar refractivity (Wildman–Crippen MR) is 21.3 cm³/mol. The molecule has 0 radical (unpaired) electrons. The summed E-state index contributed by atoms with van der Waals surface area (Å²) in [5, 5.41) is 16.9. The Hall–Kier alpha value is -1.91. The first-order chi connectivity index (χ1) is 4.22. The van der Waals surface area contributed by atoms with Gasteiger partial charge in [-0.2, -0.15) is 0 Å². The van der Waals surface area contributed by atoms with Crippen molar-refractivity contribution in [3.63, 3.8) is 0 Å². The summed E-state index contributed by atoms with van der Waals surface area (Å²) in [7, 11) is 0. The van der Waals surface area contributed by atoms with Crippen LogP contribution in [0.2, 0.25) is 0 Å². The van der Waals surface area contributed by atoms with E-state index < -0.39 is 10.3 Å². The van der Waals surface area contributed by atoms with Crippen molar-refractivity contribution < 1.29 is 9.87 Å². The standard InChI is InChI=1S/CN4O4/c2-1-9-4(3-6)5(7)8. The van der Waals surface area contributed by atoms with E-state index in [1.54, 1.807) is 5.29 Å². The number of rotatable bonds is 3. The fourth-order valence-electron chi connectivity index (χ4n) is 0.116. The van der Waals surface area contributed by atoms with Crippen LogP contribution in [0.1, 0.15) is 0 Å². The molecule has 0 aromatic carbocycles. The Morgan fingerprint density at radius 2 is 2.44 bits per heavy atom. The van der Waals surface area contributed by atoms with Crippen molar-refractivity contribution in [3.05, 3.63) is 15.0 Å². The summed E-state index contributed by atoms with van der Waals surface area (Å²) in [5.41, 5.74) is 0. The Balaban J connectivity index is 3.86. The Morgan fingerprint density at radius 1 is 1.89 bits per heavy atom. The lowest BCUT2D eigenvalue weighted by Gasteiger charge is -1.94. The van der Waals surface area contributed by atoms with E-state index in [2.05, 4.69) is 4.84 Å². The van der Waals surface area contributed by atoms with Crippen LogP contribution in [0.15, 0.2) is 5.29 Å². The van der Waals surface area contributed by atoms with E-state index in [1.807, 2.05) is 0 Å². The van der Waals surface area contributed by atoms with Crippen LogP contribution in [0, 0.1) is 26.5 Å². The topological polar surface area (TPSA) is 109 Å². The van der Waals surface area contributed by atoms with Crippen LogP contribution in [-0.4, -0.2) is 10.3 Å². The van der Waals surface area contributed by atoms with Crippen molar-refractivity contribution in [2.45, 2.75) is 0 Å². The Kier molecular flexibility index (Phi) is 2.47. The summed E-state index contributed by atoms with van der Waals surface area (Å²) < 4.78 is 0. The maximum absolute atomic E-state index is 9.48. The monoisotopic (exact) mass is 132 g/mol.